The van der Waals surface area contributed by atoms with Gasteiger partial charge in [0.2, 0.25) is 0 Å². The highest BCUT2D eigenvalue weighted by Crippen LogP contribution is 2.32. The smallest absolute Gasteiger partial charge is 0.294 e. The Morgan fingerprint density at radius 3 is 2.00 bits per heavy atom. The SMILES string of the molecule is CCCCCCCCCCCCCc1ccc(Oc2cccc(S(=O)(=O)O)c2)c(O)c1. The molecule has 6 heteroatoms. The van der Waals surface area contributed by atoms with E-state index in [0.29, 0.717) is 0 Å². The van der Waals surface area contributed by atoms with Crippen LogP contribution in [0.1, 0.15) is 83.1 Å². The van der Waals surface area contributed by atoms with Crippen LogP contribution in [0.4, 0.5) is 0 Å². The zero-order valence-corrected chi connectivity index (χ0v) is 19.4. The average Bonchev–Trinajstić information content (AvgIpc) is 2.73. The molecule has 0 heterocycles. The van der Waals surface area contributed by atoms with Gasteiger partial charge in [-0.1, -0.05) is 83.3 Å². The molecule has 2 rings (SSSR count). The van der Waals surface area contributed by atoms with E-state index in [-0.39, 0.29) is 22.1 Å². The predicted molar refractivity (Wildman–Crippen MR) is 125 cm³/mol. The number of phenolic OH excluding ortho intramolecular Hbond substituents is 1. The standard InChI is InChI=1S/C25H36O5S/c1-2-3-4-5-6-7-8-9-10-11-12-14-21-17-18-25(24(26)19-21)30-22-15-13-16-23(20-22)31(27,28)29/h13,15-20,26H,2-12,14H2,1H3,(H,27,28,29). The van der Waals surface area contributed by atoms with Crippen molar-refractivity contribution in [2.45, 2.75) is 88.9 Å². The second kappa shape index (κ2) is 13.4. The monoisotopic (exact) mass is 448 g/mol. The lowest BCUT2D eigenvalue weighted by Crippen LogP contribution is -1.98. The predicted octanol–water partition coefficient (Wildman–Crippen LogP) is 7.28. The summed E-state index contributed by atoms with van der Waals surface area (Å²) in [5.41, 5.74) is 1.05. The molecule has 0 spiro atoms. The van der Waals surface area contributed by atoms with Crippen LogP contribution in [0.2, 0.25) is 0 Å². The number of benzene rings is 2. The van der Waals surface area contributed by atoms with Crippen LogP contribution >= 0.6 is 0 Å². The molecule has 0 aliphatic rings. The fraction of sp³-hybridized carbons (Fsp3) is 0.520. The summed E-state index contributed by atoms with van der Waals surface area (Å²) in [4.78, 5) is -0.252. The van der Waals surface area contributed by atoms with E-state index in [1.54, 1.807) is 18.2 Å². The molecule has 5 nitrogen and oxygen atoms in total. The van der Waals surface area contributed by atoms with Gasteiger partial charge >= 0.3 is 0 Å². The highest BCUT2D eigenvalue weighted by atomic mass is 32.2. The minimum absolute atomic E-state index is 0.0119. The third-order valence-corrected chi connectivity index (χ3v) is 6.27. The van der Waals surface area contributed by atoms with Gasteiger partial charge in [0.1, 0.15) is 5.75 Å². The largest absolute Gasteiger partial charge is 0.504 e. The first-order valence-electron chi connectivity index (χ1n) is 11.5. The number of hydrogen-bond acceptors (Lipinski definition) is 4. The molecule has 0 unspecified atom stereocenters. The van der Waals surface area contributed by atoms with Gasteiger partial charge in [0.25, 0.3) is 10.1 Å². The topological polar surface area (TPSA) is 83.8 Å². The van der Waals surface area contributed by atoms with Crippen molar-refractivity contribution in [3.63, 3.8) is 0 Å². The van der Waals surface area contributed by atoms with Gasteiger partial charge in [-0.25, -0.2) is 0 Å². The highest BCUT2D eigenvalue weighted by Gasteiger charge is 2.12. The van der Waals surface area contributed by atoms with Gasteiger partial charge in [-0.3, -0.25) is 4.55 Å². The molecule has 0 saturated heterocycles. The average molecular weight is 449 g/mol. The molecule has 0 radical (unpaired) electrons. The Hall–Kier alpha value is -2.05. The van der Waals surface area contributed by atoms with Crippen LogP contribution < -0.4 is 4.74 Å². The van der Waals surface area contributed by atoms with Crippen molar-refractivity contribution in [2.75, 3.05) is 0 Å². The highest BCUT2D eigenvalue weighted by molar-refractivity contribution is 7.85. The third kappa shape index (κ3) is 9.74. The summed E-state index contributed by atoms with van der Waals surface area (Å²) in [6, 6.07) is 10.8. The molecule has 0 atom stereocenters. The van der Waals surface area contributed by atoms with Gasteiger partial charge in [-0.05, 0) is 42.7 Å². The fourth-order valence-electron chi connectivity index (χ4n) is 3.62. The molecule has 0 fully saturated rings. The third-order valence-electron chi connectivity index (χ3n) is 5.42. The molecule has 172 valence electrons. The number of aryl methyl sites for hydroxylation is 1. The van der Waals surface area contributed by atoms with Crippen molar-refractivity contribution in [1.82, 2.24) is 0 Å². The first-order valence-corrected chi connectivity index (χ1v) is 12.9. The Morgan fingerprint density at radius 1 is 0.806 bits per heavy atom. The number of ether oxygens (including phenoxy) is 1. The fourth-order valence-corrected chi connectivity index (χ4v) is 4.14. The summed E-state index contributed by atoms with van der Waals surface area (Å²) in [6.07, 6.45) is 15.2. The Balaban J connectivity index is 1.70. The van der Waals surface area contributed by atoms with Crippen molar-refractivity contribution in [3.05, 3.63) is 48.0 Å². The van der Waals surface area contributed by atoms with Crippen LogP contribution in [0.5, 0.6) is 17.2 Å². The summed E-state index contributed by atoms with van der Waals surface area (Å²) < 4.78 is 37.2. The van der Waals surface area contributed by atoms with Gasteiger partial charge in [-0.15, -0.1) is 0 Å². The van der Waals surface area contributed by atoms with Crippen LogP contribution in [0.3, 0.4) is 0 Å². The first-order chi connectivity index (χ1) is 14.9. The van der Waals surface area contributed by atoms with Gasteiger partial charge in [0.05, 0.1) is 4.90 Å². The number of hydrogen-bond donors (Lipinski definition) is 2. The van der Waals surface area contributed by atoms with Gasteiger partial charge < -0.3 is 9.84 Å². The minimum Gasteiger partial charge on any atom is -0.504 e. The quantitative estimate of drug-likeness (QED) is 0.221. The summed E-state index contributed by atoms with van der Waals surface area (Å²) in [6.45, 7) is 2.25. The summed E-state index contributed by atoms with van der Waals surface area (Å²) in [7, 11) is -4.30. The zero-order valence-electron chi connectivity index (χ0n) is 18.6. The van der Waals surface area contributed by atoms with Crippen LogP contribution in [0.15, 0.2) is 47.4 Å². The Bertz CT molecular complexity index is 893. The maximum absolute atomic E-state index is 11.2. The van der Waals surface area contributed by atoms with E-state index in [1.165, 1.54) is 82.4 Å². The Morgan fingerprint density at radius 2 is 1.42 bits per heavy atom. The molecule has 2 N–H and O–H groups in total. The van der Waals surface area contributed by atoms with Crippen molar-refractivity contribution in [3.8, 4) is 17.2 Å². The summed E-state index contributed by atoms with van der Waals surface area (Å²) >= 11 is 0. The zero-order chi connectivity index (χ0) is 22.5. The van der Waals surface area contributed by atoms with Gasteiger partial charge in [-0.2, -0.15) is 8.42 Å². The molecular formula is C25H36O5S. The molecule has 31 heavy (non-hydrogen) atoms. The van der Waals surface area contributed by atoms with E-state index in [1.807, 2.05) is 6.07 Å². The molecule has 0 bridgehead atoms. The molecular weight excluding hydrogens is 412 g/mol. The lowest BCUT2D eigenvalue weighted by Gasteiger charge is -2.10. The number of rotatable bonds is 15. The van der Waals surface area contributed by atoms with Crippen molar-refractivity contribution in [2.24, 2.45) is 0 Å². The van der Waals surface area contributed by atoms with E-state index in [0.717, 1.165) is 18.4 Å². The minimum atomic E-state index is -4.30. The Kier molecular flexibility index (Phi) is 10.9. The molecule has 0 aliphatic heterocycles. The number of phenols is 1. The van der Waals surface area contributed by atoms with Crippen molar-refractivity contribution < 1.29 is 22.8 Å². The summed E-state index contributed by atoms with van der Waals surface area (Å²) in [5, 5.41) is 10.3. The molecule has 0 aliphatic carbocycles. The lowest BCUT2D eigenvalue weighted by atomic mass is 10.0. The van der Waals surface area contributed by atoms with E-state index >= 15 is 0 Å². The molecule has 2 aromatic carbocycles. The van der Waals surface area contributed by atoms with Crippen molar-refractivity contribution in [1.29, 1.82) is 0 Å². The maximum atomic E-state index is 11.2. The van der Waals surface area contributed by atoms with E-state index in [2.05, 4.69) is 6.92 Å². The van der Waals surface area contributed by atoms with Crippen LogP contribution in [-0.4, -0.2) is 18.1 Å². The lowest BCUT2D eigenvalue weighted by molar-refractivity contribution is 0.409. The second-order valence-electron chi connectivity index (χ2n) is 8.14. The Labute approximate surface area is 187 Å². The van der Waals surface area contributed by atoms with Crippen LogP contribution in [0.25, 0.3) is 0 Å². The number of unbranched alkanes of at least 4 members (excludes halogenated alkanes) is 10. The van der Waals surface area contributed by atoms with E-state index < -0.39 is 10.1 Å². The van der Waals surface area contributed by atoms with Crippen molar-refractivity contribution >= 4 is 10.1 Å². The van der Waals surface area contributed by atoms with Gasteiger partial charge in [0, 0.05) is 6.07 Å². The molecule has 0 saturated carbocycles. The van der Waals surface area contributed by atoms with Crippen LogP contribution in [0, 0.1) is 0 Å². The maximum Gasteiger partial charge on any atom is 0.294 e. The van der Waals surface area contributed by atoms with Gasteiger partial charge in [0.15, 0.2) is 11.5 Å². The van der Waals surface area contributed by atoms with Crippen LogP contribution in [-0.2, 0) is 16.5 Å². The molecule has 0 amide bonds. The molecule has 0 aromatic heterocycles. The molecule has 2 aromatic rings. The number of aromatic hydroxyl groups is 1. The van der Waals surface area contributed by atoms with E-state index in [9.17, 15) is 13.5 Å². The summed E-state index contributed by atoms with van der Waals surface area (Å²) in [5.74, 6) is 0.483. The second-order valence-corrected chi connectivity index (χ2v) is 9.56. The van der Waals surface area contributed by atoms with E-state index in [4.69, 9.17) is 9.29 Å². The normalized spacial score (nSPS) is 11.5. The first kappa shape index (κ1) is 25.2.